The molecule has 1 heterocycles. The maximum Gasteiger partial charge on any atom is 0.255 e. The van der Waals surface area contributed by atoms with E-state index in [2.05, 4.69) is 35.5 Å². The van der Waals surface area contributed by atoms with E-state index in [9.17, 15) is 4.79 Å². The first-order valence-electron chi connectivity index (χ1n) is 6.65. The standard InChI is InChI=1S/C16H19N3O/c1-11(2)12-5-4-6-14(9-12)19-16(20)13-7-8-18-15(10-13)17-3/h4-11H,1-3H3,(H,17,18)(H,19,20). The van der Waals surface area contributed by atoms with Crippen molar-refractivity contribution in [3.63, 3.8) is 0 Å². The SMILES string of the molecule is CNc1cc(C(=O)Nc2cccc(C(C)C)c2)ccn1. The zero-order chi connectivity index (χ0) is 14.5. The fourth-order valence-electron chi connectivity index (χ4n) is 1.89. The lowest BCUT2D eigenvalue weighted by Crippen LogP contribution is -2.12. The zero-order valence-electron chi connectivity index (χ0n) is 12.0. The van der Waals surface area contributed by atoms with Crippen molar-refractivity contribution >= 4 is 17.4 Å². The van der Waals surface area contributed by atoms with E-state index < -0.39 is 0 Å². The number of hydrogen-bond acceptors (Lipinski definition) is 3. The van der Waals surface area contributed by atoms with Gasteiger partial charge in [-0.3, -0.25) is 4.79 Å². The Kier molecular flexibility index (Phi) is 4.35. The van der Waals surface area contributed by atoms with Gasteiger partial charge in [-0.05, 0) is 35.7 Å². The number of carbonyl (C=O) groups excluding carboxylic acids is 1. The van der Waals surface area contributed by atoms with Crippen LogP contribution in [0.25, 0.3) is 0 Å². The molecule has 0 saturated carbocycles. The van der Waals surface area contributed by atoms with E-state index >= 15 is 0 Å². The largest absolute Gasteiger partial charge is 0.373 e. The molecule has 0 radical (unpaired) electrons. The van der Waals surface area contributed by atoms with Gasteiger partial charge in [-0.15, -0.1) is 0 Å². The van der Waals surface area contributed by atoms with Gasteiger partial charge >= 0.3 is 0 Å². The van der Waals surface area contributed by atoms with Crippen molar-refractivity contribution in [3.05, 3.63) is 53.7 Å². The van der Waals surface area contributed by atoms with E-state index in [-0.39, 0.29) is 5.91 Å². The van der Waals surface area contributed by atoms with Crippen LogP contribution in [-0.4, -0.2) is 17.9 Å². The Bertz CT molecular complexity index is 608. The molecule has 0 fully saturated rings. The lowest BCUT2D eigenvalue weighted by Gasteiger charge is -2.10. The van der Waals surface area contributed by atoms with Crippen molar-refractivity contribution in [2.45, 2.75) is 19.8 Å². The van der Waals surface area contributed by atoms with Crippen molar-refractivity contribution in [2.75, 3.05) is 17.7 Å². The third-order valence-electron chi connectivity index (χ3n) is 3.09. The highest BCUT2D eigenvalue weighted by Crippen LogP contribution is 2.19. The van der Waals surface area contributed by atoms with Gasteiger partial charge in [0, 0.05) is 24.5 Å². The lowest BCUT2D eigenvalue weighted by atomic mass is 10.0. The fraction of sp³-hybridized carbons (Fsp3) is 0.250. The number of nitrogens with one attached hydrogen (secondary N) is 2. The second kappa shape index (κ2) is 6.19. The van der Waals surface area contributed by atoms with Gasteiger partial charge in [0.15, 0.2) is 0 Å². The predicted molar refractivity (Wildman–Crippen MR) is 82.3 cm³/mol. The molecule has 4 nitrogen and oxygen atoms in total. The molecule has 104 valence electrons. The third kappa shape index (κ3) is 3.35. The molecule has 1 aromatic heterocycles. The molecule has 0 saturated heterocycles. The minimum absolute atomic E-state index is 0.134. The molecule has 0 unspecified atom stereocenters. The van der Waals surface area contributed by atoms with Crippen molar-refractivity contribution in [2.24, 2.45) is 0 Å². The van der Waals surface area contributed by atoms with Crippen LogP contribution in [0, 0.1) is 0 Å². The molecule has 1 amide bonds. The summed E-state index contributed by atoms with van der Waals surface area (Å²) in [5.41, 5.74) is 2.59. The van der Waals surface area contributed by atoms with Gasteiger partial charge < -0.3 is 10.6 Å². The summed E-state index contributed by atoms with van der Waals surface area (Å²) < 4.78 is 0. The van der Waals surface area contributed by atoms with E-state index in [0.717, 1.165) is 5.69 Å². The van der Waals surface area contributed by atoms with Crippen molar-refractivity contribution in [1.82, 2.24) is 4.98 Å². The van der Waals surface area contributed by atoms with Gasteiger partial charge in [0.1, 0.15) is 5.82 Å². The summed E-state index contributed by atoms with van der Waals surface area (Å²) in [5.74, 6) is 0.974. The van der Waals surface area contributed by atoms with Crippen LogP contribution in [0.2, 0.25) is 0 Å². The summed E-state index contributed by atoms with van der Waals surface area (Å²) in [5, 5.41) is 5.83. The van der Waals surface area contributed by atoms with Gasteiger partial charge in [-0.2, -0.15) is 0 Å². The first-order chi connectivity index (χ1) is 9.60. The fourth-order valence-corrected chi connectivity index (χ4v) is 1.89. The van der Waals surface area contributed by atoms with E-state index in [1.54, 1.807) is 25.4 Å². The maximum absolute atomic E-state index is 12.2. The highest BCUT2D eigenvalue weighted by atomic mass is 16.1. The maximum atomic E-state index is 12.2. The summed E-state index contributed by atoms with van der Waals surface area (Å²) in [6, 6.07) is 11.3. The normalized spacial score (nSPS) is 10.4. The highest BCUT2D eigenvalue weighted by Gasteiger charge is 2.08. The lowest BCUT2D eigenvalue weighted by molar-refractivity contribution is 0.102. The number of hydrogen-bond donors (Lipinski definition) is 2. The molecule has 2 N–H and O–H groups in total. The molecule has 2 rings (SSSR count). The minimum Gasteiger partial charge on any atom is -0.373 e. The van der Waals surface area contributed by atoms with Crippen molar-refractivity contribution < 1.29 is 4.79 Å². The Labute approximate surface area is 119 Å². The Hall–Kier alpha value is -2.36. The van der Waals surface area contributed by atoms with Crippen molar-refractivity contribution in [1.29, 1.82) is 0 Å². The second-order valence-corrected chi connectivity index (χ2v) is 4.91. The van der Waals surface area contributed by atoms with Gasteiger partial charge in [0.05, 0.1) is 0 Å². The number of rotatable bonds is 4. The highest BCUT2D eigenvalue weighted by molar-refractivity contribution is 6.04. The Balaban J connectivity index is 2.16. The molecule has 20 heavy (non-hydrogen) atoms. The topological polar surface area (TPSA) is 54.0 Å². The molecule has 0 spiro atoms. The van der Waals surface area contributed by atoms with Crippen LogP contribution in [0.4, 0.5) is 11.5 Å². The number of amides is 1. The monoisotopic (exact) mass is 269 g/mol. The van der Waals surface area contributed by atoms with Crippen LogP contribution in [0.5, 0.6) is 0 Å². The molecule has 0 aliphatic rings. The average Bonchev–Trinajstić information content (AvgIpc) is 2.47. The van der Waals surface area contributed by atoms with Gasteiger partial charge in [-0.1, -0.05) is 26.0 Å². The first-order valence-corrected chi connectivity index (χ1v) is 6.65. The molecular formula is C16H19N3O. The van der Waals surface area contributed by atoms with E-state index in [0.29, 0.717) is 17.3 Å². The summed E-state index contributed by atoms with van der Waals surface area (Å²) in [6.45, 7) is 4.26. The molecule has 0 aliphatic heterocycles. The van der Waals surface area contributed by atoms with Gasteiger partial charge in [0.2, 0.25) is 0 Å². The number of aromatic nitrogens is 1. The van der Waals surface area contributed by atoms with Crippen LogP contribution in [0.1, 0.15) is 35.7 Å². The number of pyridine rings is 1. The van der Waals surface area contributed by atoms with Crippen LogP contribution < -0.4 is 10.6 Å². The van der Waals surface area contributed by atoms with Gasteiger partial charge in [0.25, 0.3) is 5.91 Å². The van der Waals surface area contributed by atoms with Crippen LogP contribution in [0.3, 0.4) is 0 Å². The summed E-state index contributed by atoms with van der Waals surface area (Å²) in [7, 11) is 1.77. The third-order valence-corrected chi connectivity index (χ3v) is 3.09. The van der Waals surface area contributed by atoms with Crippen LogP contribution in [0.15, 0.2) is 42.6 Å². The number of benzene rings is 1. The Morgan fingerprint density at radius 3 is 2.70 bits per heavy atom. The van der Waals surface area contributed by atoms with E-state index in [4.69, 9.17) is 0 Å². The van der Waals surface area contributed by atoms with Gasteiger partial charge in [-0.25, -0.2) is 4.98 Å². The molecular weight excluding hydrogens is 250 g/mol. The smallest absolute Gasteiger partial charge is 0.255 e. The van der Waals surface area contributed by atoms with E-state index in [1.165, 1.54) is 5.56 Å². The first kappa shape index (κ1) is 14.1. The summed E-state index contributed by atoms with van der Waals surface area (Å²) in [6.07, 6.45) is 1.62. The summed E-state index contributed by atoms with van der Waals surface area (Å²) in [4.78, 5) is 16.3. The minimum atomic E-state index is -0.134. The summed E-state index contributed by atoms with van der Waals surface area (Å²) >= 11 is 0. The Morgan fingerprint density at radius 2 is 2.00 bits per heavy atom. The molecule has 4 heteroatoms. The Morgan fingerprint density at radius 1 is 1.20 bits per heavy atom. The van der Waals surface area contributed by atoms with Crippen molar-refractivity contribution in [3.8, 4) is 0 Å². The molecule has 0 bridgehead atoms. The van der Waals surface area contributed by atoms with Crippen LogP contribution in [-0.2, 0) is 0 Å². The number of carbonyl (C=O) groups is 1. The van der Waals surface area contributed by atoms with E-state index in [1.807, 2.05) is 18.2 Å². The molecule has 1 aromatic carbocycles. The quantitative estimate of drug-likeness (QED) is 0.893. The number of anilines is 2. The molecule has 2 aromatic rings. The molecule has 0 atom stereocenters. The zero-order valence-corrected chi connectivity index (χ0v) is 12.0. The van der Waals surface area contributed by atoms with Crippen LogP contribution >= 0.6 is 0 Å². The average molecular weight is 269 g/mol. The number of nitrogens with zero attached hydrogens (tertiary/aromatic N) is 1. The second-order valence-electron chi connectivity index (χ2n) is 4.91. The predicted octanol–water partition coefficient (Wildman–Crippen LogP) is 3.50. The molecule has 0 aliphatic carbocycles.